The van der Waals surface area contributed by atoms with E-state index in [1.165, 1.54) is 23.2 Å². The van der Waals surface area contributed by atoms with E-state index in [2.05, 4.69) is 113 Å². The molecule has 3 aromatic rings. The standard InChI is InChI=1S/C32H40N6/c1-24(11-12-25-9-5-4-6-10-25)35-27-14-15-28-30(33-17-7-18-37(2)3)22-29(36-31(28)21-27)26-13-16-32(34-23-26)38-19-8-20-38/h4-6,9-10,13-16,21-23,29,33,35-36H,1,7-8,11-12,17-20H2,2-3H3. The minimum atomic E-state index is 0.0494. The first kappa shape index (κ1) is 25.9. The molecular formula is C32H40N6. The largest absolute Gasteiger partial charge is 0.385 e. The maximum Gasteiger partial charge on any atom is 0.128 e. The third-order valence-electron chi connectivity index (χ3n) is 7.24. The van der Waals surface area contributed by atoms with Crippen LogP contribution in [0.1, 0.15) is 42.0 Å². The number of hydrogen-bond acceptors (Lipinski definition) is 6. The molecule has 3 N–H and O–H groups in total. The molecule has 1 saturated heterocycles. The maximum atomic E-state index is 4.76. The van der Waals surface area contributed by atoms with E-state index in [0.29, 0.717) is 0 Å². The third-order valence-corrected chi connectivity index (χ3v) is 7.24. The normalized spacial score (nSPS) is 16.2. The minimum absolute atomic E-state index is 0.0494. The van der Waals surface area contributed by atoms with Crippen LogP contribution in [0.3, 0.4) is 0 Å². The van der Waals surface area contributed by atoms with Gasteiger partial charge in [0.25, 0.3) is 0 Å². The number of nitrogens with one attached hydrogen (secondary N) is 3. The van der Waals surface area contributed by atoms with Crippen molar-refractivity contribution in [2.24, 2.45) is 0 Å². The van der Waals surface area contributed by atoms with Crippen LogP contribution in [-0.4, -0.2) is 50.2 Å². The zero-order valence-electron chi connectivity index (χ0n) is 22.7. The number of rotatable bonds is 12. The number of anilines is 3. The summed E-state index contributed by atoms with van der Waals surface area (Å²) in [5.41, 5.74) is 8.03. The summed E-state index contributed by atoms with van der Waals surface area (Å²) in [5, 5.41) is 11.0. The molecule has 5 rings (SSSR count). The summed E-state index contributed by atoms with van der Waals surface area (Å²) in [5.74, 6) is 1.07. The molecule has 1 unspecified atom stereocenters. The Morgan fingerprint density at radius 3 is 2.66 bits per heavy atom. The van der Waals surface area contributed by atoms with Gasteiger partial charge in [0.05, 0.1) is 6.04 Å². The first-order valence-corrected chi connectivity index (χ1v) is 13.8. The van der Waals surface area contributed by atoms with E-state index in [4.69, 9.17) is 4.98 Å². The Labute approximate surface area is 227 Å². The monoisotopic (exact) mass is 508 g/mol. The van der Waals surface area contributed by atoms with E-state index >= 15 is 0 Å². The van der Waals surface area contributed by atoms with Gasteiger partial charge in [-0.3, -0.25) is 0 Å². The molecule has 0 radical (unpaired) electrons. The van der Waals surface area contributed by atoms with Gasteiger partial charge in [-0.05, 0) is 87.8 Å². The van der Waals surface area contributed by atoms with Crippen molar-refractivity contribution in [3.63, 3.8) is 0 Å². The van der Waals surface area contributed by atoms with Crippen molar-refractivity contribution in [1.82, 2.24) is 15.2 Å². The Bertz CT molecular complexity index is 1240. The number of hydrogen-bond donors (Lipinski definition) is 3. The predicted molar refractivity (Wildman–Crippen MR) is 161 cm³/mol. The second-order valence-electron chi connectivity index (χ2n) is 10.6. The Morgan fingerprint density at radius 2 is 1.95 bits per heavy atom. The summed E-state index contributed by atoms with van der Waals surface area (Å²) in [7, 11) is 4.24. The van der Waals surface area contributed by atoms with Gasteiger partial charge in [-0.2, -0.15) is 0 Å². The average molecular weight is 509 g/mol. The summed E-state index contributed by atoms with van der Waals surface area (Å²) in [6.07, 6.45) is 8.52. The van der Waals surface area contributed by atoms with Crippen LogP contribution >= 0.6 is 0 Å². The van der Waals surface area contributed by atoms with Crippen LogP contribution in [0.2, 0.25) is 0 Å². The van der Waals surface area contributed by atoms with Gasteiger partial charge in [0, 0.05) is 54.2 Å². The number of fused-ring (bicyclic) bond motifs is 1. The summed E-state index contributed by atoms with van der Waals surface area (Å²) < 4.78 is 0. The van der Waals surface area contributed by atoms with E-state index in [1.807, 2.05) is 6.20 Å². The number of nitrogens with zero attached hydrogens (tertiary/aromatic N) is 3. The molecule has 6 nitrogen and oxygen atoms in total. The van der Waals surface area contributed by atoms with E-state index < -0.39 is 0 Å². The molecular weight excluding hydrogens is 468 g/mol. The fourth-order valence-corrected chi connectivity index (χ4v) is 4.91. The highest BCUT2D eigenvalue weighted by molar-refractivity contribution is 5.82. The van der Waals surface area contributed by atoms with Crippen molar-refractivity contribution in [3.05, 3.63) is 102 Å². The van der Waals surface area contributed by atoms with Crippen LogP contribution < -0.4 is 20.9 Å². The first-order valence-electron chi connectivity index (χ1n) is 13.8. The lowest BCUT2D eigenvalue weighted by Gasteiger charge is -2.32. The molecule has 0 saturated carbocycles. The minimum Gasteiger partial charge on any atom is -0.385 e. The lowest BCUT2D eigenvalue weighted by molar-refractivity contribution is 0.399. The molecule has 6 heteroatoms. The molecule has 0 amide bonds. The Hall–Kier alpha value is -3.77. The molecule has 0 bridgehead atoms. The van der Waals surface area contributed by atoms with Crippen molar-refractivity contribution < 1.29 is 0 Å². The van der Waals surface area contributed by atoms with Crippen LogP contribution in [0, 0.1) is 0 Å². The number of aryl methyl sites for hydroxylation is 1. The van der Waals surface area contributed by atoms with Crippen molar-refractivity contribution >= 4 is 22.9 Å². The Balaban J connectivity index is 1.30. The van der Waals surface area contributed by atoms with Gasteiger partial charge in [0.15, 0.2) is 0 Å². The van der Waals surface area contributed by atoms with Crippen LogP contribution in [0.5, 0.6) is 0 Å². The van der Waals surface area contributed by atoms with Gasteiger partial charge in [-0.15, -0.1) is 0 Å². The summed E-state index contributed by atoms with van der Waals surface area (Å²) in [6.45, 7) is 8.48. The lowest BCUT2D eigenvalue weighted by atomic mass is 9.97. The van der Waals surface area contributed by atoms with Crippen molar-refractivity contribution in [2.45, 2.75) is 31.7 Å². The fourth-order valence-electron chi connectivity index (χ4n) is 4.91. The molecule has 0 aliphatic carbocycles. The molecule has 0 spiro atoms. The van der Waals surface area contributed by atoms with E-state index in [0.717, 1.165) is 73.9 Å². The van der Waals surface area contributed by atoms with Gasteiger partial charge < -0.3 is 25.8 Å². The SMILES string of the molecule is C=C(CCc1ccccc1)Nc1ccc2c(c1)NC(c1ccc(N3CCC3)nc1)C=C2NCCCN(C)C. The molecule has 2 aliphatic heterocycles. The summed E-state index contributed by atoms with van der Waals surface area (Å²) in [6, 6.07) is 21.5. The second-order valence-corrected chi connectivity index (χ2v) is 10.6. The van der Waals surface area contributed by atoms with E-state index in [1.54, 1.807) is 0 Å². The summed E-state index contributed by atoms with van der Waals surface area (Å²) in [4.78, 5) is 9.31. The summed E-state index contributed by atoms with van der Waals surface area (Å²) >= 11 is 0. The first-order chi connectivity index (χ1) is 18.5. The van der Waals surface area contributed by atoms with Crippen LogP contribution in [0.25, 0.3) is 5.70 Å². The average Bonchev–Trinajstić information content (AvgIpc) is 2.89. The Morgan fingerprint density at radius 1 is 1.11 bits per heavy atom. The topological polar surface area (TPSA) is 55.5 Å². The smallest absolute Gasteiger partial charge is 0.128 e. The van der Waals surface area contributed by atoms with E-state index in [9.17, 15) is 0 Å². The second kappa shape index (κ2) is 12.2. The molecule has 1 fully saturated rings. The van der Waals surface area contributed by atoms with Gasteiger partial charge in [0.2, 0.25) is 0 Å². The van der Waals surface area contributed by atoms with Crippen molar-refractivity contribution in [1.29, 1.82) is 0 Å². The van der Waals surface area contributed by atoms with Gasteiger partial charge in [-0.1, -0.05) is 43.0 Å². The third kappa shape index (κ3) is 6.56. The van der Waals surface area contributed by atoms with Crippen molar-refractivity contribution in [2.75, 3.05) is 55.8 Å². The molecule has 1 atom stereocenters. The zero-order valence-corrected chi connectivity index (χ0v) is 22.7. The van der Waals surface area contributed by atoms with Crippen molar-refractivity contribution in [3.8, 4) is 0 Å². The van der Waals surface area contributed by atoms with Gasteiger partial charge >= 0.3 is 0 Å². The molecule has 1 aromatic heterocycles. The highest BCUT2D eigenvalue weighted by Gasteiger charge is 2.22. The van der Waals surface area contributed by atoms with Gasteiger partial charge in [-0.25, -0.2) is 4.98 Å². The Kier molecular flexibility index (Phi) is 8.29. The highest BCUT2D eigenvalue weighted by Crippen LogP contribution is 2.36. The fraction of sp³-hybridized carbons (Fsp3) is 0.344. The number of pyridine rings is 1. The molecule has 198 valence electrons. The molecule has 2 aliphatic rings. The quantitative estimate of drug-likeness (QED) is 0.265. The van der Waals surface area contributed by atoms with Crippen LogP contribution in [0.4, 0.5) is 17.2 Å². The number of allylic oxidation sites excluding steroid dienone is 1. The highest BCUT2D eigenvalue weighted by atomic mass is 15.2. The number of benzene rings is 2. The zero-order chi connectivity index (χ0) is 26.3. The number of aromatic nitrogens is 1. The molecule has 3 heterocycles. The maximum absolute atomic E-state index is 4.76. The molecule has 2 aromatic carbocycles. The van der Waals surface area contributed by atoms with Crippen LogP contribution in [-0.2, 0) is 6.42 Å². The predicted octanol–water partition coefficient (Wildman–Crippen LogP) is 5.90. The lowest BCUT2D eigenvalue weighted by Crippen LogP contribution is -2.37. The molecule has 38 heavy (non-hydrogen) atoms. The van der Waals surface area contributed by atoms with Crippen LogP contribution in [0.15, 0.2) is 85.2 Å². The van der Waals surface area contributed by atoms with Gasteiger partial charge in [0.1, 0.15) is 5.82 Å². The van der Waals surface area contributed by atoms with E-state index in [-0.39, 0.29) is 6.04 Å².